The number of pyridine rings is 1. The standard InChI is InChI=1S/C17H18N8/c1-2-23-12-22-14-16(23)20-11-21-17(14)25-8-6-24(7-9-25)15-13(10-18)4-3-5-19-15/h3-5,11-12H,2,6-9H2,1H3. The zero-order valence-electron chi connectivity index (χ0n) is 14.0. The summed E-state index contributed by atoms with van der Waals surface area (Å²) in [4.78, 5) is 22.1. The van der Waals surface area contributed by atoms with E-state index in [0.29, 0.717) is 5.56 Å². The minimum Gasteiger partial charge on any atom is -0.352 e. The van der Waals surface area contributed by atoms with Gasteiger partial charge in [-0.1, -0.05) is 0 Å². The molecular weight excluding hydrogens is 316 g/mol. The molecule has 0 bridgehead atoms. The Morgan fingerprint density at radius 1 is 1.04 bits per heavy atom. The summed E-state index contributed by atoms with van der Waals surface area (Å²) in [5.41, 5.74) is 2.32. The molecule has 25 heavy (non-hydrogen) atoms. The summed E-state index contributed by atoms with van der Waals surface area (Å²) in [5, 5.41) is 9.27. The second-order valence-electron chi connectivity index (χ2n) is 5.86. The van der Waals surface area contributed by atoms with Crippen molar-refractivity contribution in [3.05, 3.63) is 36.5 Å². The second kappa shape index (κ2) is 6.36. The lowest BCUT2D eigenvalue weighted by atomic mass is 10.2. The first-order valence-electron chi connectivity index (χ1n) is 8.32. The normalized spacial score (nSPS) is 14.7. The molecule has 0 radical (unpaired) electrons. The summed E-state index contributed by atoms with van der Waals surface area (Å²) in [6, 6.07) is 5.82. The van der Waals surface area contributed by atoms with Crippen LogP contribution < -0.4 is 9.80 Å². The highest BCUT2D eigenvalue weighted by molar-refractivity contribution is 5.83. The molecule has 126 valence electrons. The number of fused-ring (bicyclic) bond motifs is 1. The number of anilines is 2. The van der Waals surface area contributed by atoms with Crippen LogP contribution in [0.4, 0.5) is 11.6 Å². The molecular formula is C17H18N8. The third-order valence-corrected chi connectivity index (χ3v) is 4.51. The molecule has 4 heterocycles. The summed E-state index contributed by atoms with van der Waals surface area (Å²) in [6.07, 6.45) is 5.14. The van der Waals surface area contributed by atoms with Crippen molar-refractivity contribution in [3.8, 4) is 6.07 Å². The molecule has 1 fully saturated rings. The minimum atomic E-state index is 0.613. The molecule has 0 aromatic carbocycles. The third-order valence-electron chi connectivity index (χ3n) is 4.51. The van der Waals surface area contributed by atoms with E-state index in [1.807, 2.05) is 10.9 Å². The molecule has 8 heteroatoms. The Bertz CT molecular complexity index is 933. The maximum absolute atomic E-state index is 9.27. The van der Waals surface area contributed by atoms with Gasteiger partial charge < -0.3 is 14.4 Å². The van der Waals surface area contributed by atoms with Crippen molar-refractivity contribution in [1.29, 1.82) is 5.26 Å². The minimum absolute atomic E-state index is 0.613. The predicted octanol–water partition coefficient (Wildman–Crippen LogP) is 1.44. The fourth-order valence-corrected chi connectivity index (χ4v) is 3.20. The molecule has 0 aliphatic carbocycles. The van der Waals surface area contributed by atoms with E-state index in [1.165, 1.54) is 0 Å². The van der Waals surface area contributed by atoms with Crippen LogP contribution in [0.15, 0.2) is 31.0 Å². The van der Waals surface area contributed by atoms with Crippen molar-refractivity contribution in [3.63, 3.8) is 0 Å². The first-order valence-corrected chi connectivity index (χ1v) is 8.32. The Labute approximate surface area is 145 Å². The van der Waals surface area contributed by atoms with Crippen LogP contribution in [-0.4, -0.2) is 50.7 Å². The van der Waals surface area contributed by atoms with Crippen LogP contribution in [0.2, 0.25) is 0 Å². The maximum Gasteiger partial charge on any atom is 0.165 e. The predicted molar refractivity (Wildman–Crippen MR) is 94.4 cm³/mol. The Kier molecular flexibility index (Phi) is 3.90. The van der Waals surface area contributed by atoms with Crippen molar-refractivity contribution in [2.45, 2.75) is 13.5 Å². The highest BCUT2D eigenvalue weighted by atomic mass is 15.3. The van der Waals surface area contributed by atoms with Gasteiger partial charge in [0.1, 0.15) is 18.2 Å². The number of imidazole rings is 1. The molecule has 0 atom stereocenters. The number of aromatic nitrogens is 5. The zero-order chi connectivity index (χ0) is 17.2. The van der Waals surface area contributed by atoms with Gasteiger partial charge in [0.05, 0.1) is 11.9 Å². The van der Waals surface area contributed by atoms with E-state index in [2.05, 4.69) is 42.7 Å². The Hall–Kier alpha value is -3.21. The van der Waals surface area contributed by atoms with Gasteiger partial charge in [0.2, 0.25) is 0 Å². The van der Waals surface area contributed by atoms with Crippen LogP contribution in [0.1, 0.15) is 12.5 Å². The van der Waals surface area contributed by atoms with Crippen molar-refractivity contribution in [2.24, 2.45) is 0 Å². The van der Waals surface area contributed by atoms with E-state index in [0.717, 1.165) is 55.5 Å². The van der Waals surface area contributed by atoms with Gasteiger partial charge in [-0.25, -0.2) is 19.9 Å². The Balaban J connectivity index is 1.57. The van der Waals surface area contributed by atoms with Gasteiger partial charge in [-0.15, -0.1) is 0 Å². The third kappa shape index (κ3) is 2.63. The van der Waals surface area contributed by atoms with Crippen LogP contribution >= 0.6 is 0 Å². The molecule has 4 rings (SSSR count). The maximum atomic E-state index is 9.27. The second-order valence-corrected chi connectivity index (χ2v) is 5.86. The molecule has 3 aromatic rings. The first kappa shape index (κ1) is 15.3. The van der Waals surface area contributed by atoms with Gasteiger partial charge in [-0.3, -0.25) is 0 Å². The number of piperazine rings is 1. The lowest BCUT2D eigenvalue weighted by Crippen LogP contribution is -2.47. The monoisotopic (exact) mass is 334 g/mol. The lowest BCUT2D eigenvalue weighted by molar-refractivity contribution is 0.642. The van der Waals surface area contributed by atoms with Crippen LogP contribution in [0.5, 0.6) is 0 Å². The molecule has 0 spiro atoms. The number of rotatable bonds is 3. The molecule has 0 saturated carbocycles. The fourth-order valence-electron chi connectivity index (χ4n) is 3.20. The van der Waals surface area contributed by atoms with E-state index >= 15 is 0 Å². The molecule has 1 saturated heterocycles. The topological polar surface area (TPSA) is 86.8 Å². The van der Waals surface area contributed by atoms with E-state index in [9.17, 15) is 5.26 Å². The number of aryl methyl sites for hydroxylation is 1. The van der Waals surface area contributed by atoms with Crippen LogP contribution in [0.25, 0.3) is 11.2 Å². The van der Waals surface area contributed by atoms with Gasteiger partial charge in [0, 0.05) is 38.9 Å². The summed E-state index contributed by atoms with van der Waals surface area (Å²) >= 11 is 0. The van der Waals surface area contributed by atoms with Gasteiger partial charge in [0.25, 0.3) is 0 Å². The number of nitriles is 1. The Morgan fingerprint density at radius 2 is 1.80 bits per heavy atom. The molecule has 1 aliphatic rings. The number of hydrogen-bond acceptors (Lipinski definition) is 7. The first-order chi connectivity index (χ1) is 12.3. The van der Waals surface area contributed by atoms with E-state index < -0.39 is 0 Å². The smallest absolute Gasteiger partial charge is 0.165 e. The summed E-state index contributed by atoms with van der Waals surface area (Å²) in [7, 11) is 0. The fraction of sp³-hybridized carbons (Fsp3) is 0.353. The van der Waals surface area contributed by atoms with Crippen molar-refractivity contribution < 1.29 is 0 Å². The van der Waals surface area contributed by atoms with E-state index in [1.54, 1.807) is 24.7 Å². The average Bonchev–Trinajstić information content (AvgIpc) is 3.11. The zero-order valence-corrected chi connectivity index (χ0v) is 14.0. The average molecular weight is 334 g/mol. The molecule has 0 N–H and O–H groups in total. The van der Waals surface area contributed by atoms with Crippen molar-refractivity contribution in [1.82, 2.24) is 24.5 Å². The van der Waals surface area contributed by atoms with Gasteiger partial charge in [0.15, 0.2) is 17.0 Å². The van der Waals surface area contributed by atoms with E-state index in [4.69, 9.17) is 0 Å². The number of nitrogens with zero attached hydrogens (tertiary/aromatic N) is 8. The van der Waals surface area contributed by atoms with Crippen LogP contribution in [-0.2, 0) is 6.54 Å². The van der Waals surface area contributed by atoms with Crippen LogP contribution in [0, 0.1) is 11.3 Å². The SMILES string of the molecule is CCn1cnc2c(N3CCN(c4ncccc4C#N)CC3)ncnc21. The number of hydrogen-bond donors (Lipinski definition) is 0. The van der Waals surface area contributed by atoms with E-state index in [-0.39, 0.29) is 0 Å². The van der Waals surface area contributed by atoms with Gasteiger partial charge in [-0.2, -0.15) is 5.26 Å². The van der Waals surface area contributed by atoms with Crippen LogP contribution in [0.3, 0.4) is 0 Å². The van der Waals surface area contributed by atoms with Crippen molar-refractivity contribution >= 4 is 22.8 Å². The molecule has 8 nitrogen and oxygen atoms in total. The summed E-state index contributed by atoms with van der Waals surface area (Å²) in [6.45, 7) is 6.06. The van der Waals surface area contributed by atoms with Gasteiger partial charge >= 0.3 is 0 Å². The van der Waals surface area contributed by atoms with Crippen molar-refractivity contribution in [2.75, 3.05) is 36.0 Å². The highest BCUT2D eigenvalue weighted by Gasteiger charge is 2.23. The molecule has 1 aliphatic heterocycles. The van der Waals surface area contributed by atoms with Gasteiger partial charge in [-0.05, 0) is 19.1 Å². The summed E-state index contributed by atoms with van der Waals surface area (Å²) in [5.74, 6) is 1.63. The molecule has 0 unspecified atom stereocenters. The summed E-state index contributed by atoms with van der Waals surface area (Å²) < 4.78 is 2.02. The lowest BCUT2D eigenvalue weighted by Gasteiger charge is -2.36. The molecule has 0 amide bonds. The quantitative estimate of drug-likeness (QED) is 0.716. The molecule has 3 aromatic heterocycles. The largest absolute Gasteiger partial charge is 0.352 e. The Morgan fingerprint density at radius 3 is 2.52 bits per heavy atom. The highest BCUT2D eigenvalue weighted by Crippen LogP contribution is 2.24.